The van der Waals surface area contributed by atoms with E-state index in [1.807, 2.05) is 0 Å². The number of carbonyl (C=O) groups excluding carboxylic acids is 2. The highest BCUT2D eigenvalue weighted by atomic mass is 16.6. The van der Waals surface area contributed by atoms with Crippen LogP contribution in [0.5, 0.6) is 0 Å². The predicted molar refractivity (Wildman–Crippen MR) is 68.0 cm³/mol. The maximum absolute atomic E-state index is 12.0. The van der Waals surface area contributed by atoms with Crippen molar-refractivity contribution in [3.8, 4) is 0 Å². The molecule has 18 heavy (non-hydrogen) atoms. The number of rotatable bonds is 4. The Labute approximate surface area is 108 Å². The van der Waals surface area contributed by atoms with Gasteiger partial charge in [-0.2, -0.15) is 0 Å². The molecule has 0 aromatic rings. The average Bonchev–Trinajstić information content (AvgIpc) is 2.29. The fourth-order valence-electron chi connectivity index (χ4n) is 1.84. The minimum Gasteiger partial charge on any atom is -0.459 e. The molecule has 1 rings (SSSR count). The van der Waals surface area contributed by atoms with Gasteiger partial charge in [-0.25, -0.2) is 9.59 Å². The van der Waals surface area contributed by atoms with Crippen molar-refractivity contribution in [2.45, 2.75) is 64.6 Å². The normalized spacial score (nSPS) is 17.1. The van der Waals surface area contributed by atoms with Crippen molar-refractivity contribution >= 4 is 11.9 Å². The van der Waals surface area contributed by atoms with Crippen molar-refractivity contribution in [2.75, 3.05) is 0 Å². The van der Waals surface area contributed by atoms with Crippen LogP contribution in [0.4, 0.5) is 0 Å². The molecule has 0 aromatic carbocycles. The molecule has 102 valence electrons. The Kier molecular flexibility index (Phi) is 4.93. The van der Waals surface area contributed by atoms with E-state index in [0.717, 1.165) is 25.7 Å². The van der Waals surface area contributed by atoms with Crippen molar-refractivity contribution in [3.05, 3.63) is 12.2 Å². The van der Waals surface area contributed by atoms with E-state index >= 15 is 0 Å². The van der Waals surface area contributed by atoms with E-state index < -0.39 is 17.5 Å². The van der Waals surface area contributed by atoms with E-state index in [9.17, 15) is 9.59 Å². The molecule has 0 heterocycles. The van der Waals surface area contributed by atoms with E-state index in [2.05, 4.69) is 6.58 Å². The average molecular weight is 254 g/mol. The van der Waals surface area contributed by atoms with E-state index in [-0.39, 0.29) is 11.7 Å². The van der Waals surface area contributed by atoms with Gasteiger partial charge in [0.05, 0.1) is 0 Å². The zero-order chi connectivity index (χ0) is 13.8. The van der Waals surface area contributed by atoms with Crippen LogP contribution in [0.15, 0.2) is 12.2 Å². The SMILES string of the molecule is C=C(C)C(=O)OC(C)(C)C(=O)OC1CCCCC1. The summed E-state index contributed by atoms with van der Waals surface area (Å²) in [6.45, 7) is 8.12. The first kappa shape index (κ1) is 14.7. The van der Waals surface area contributed by atoms with Gasteiger partial charge in [0.1, 0.15) is 6.10 Å². The molecule has 0 aliphatic heterocycles. The van der Waals surface area contributed by atoms with Gasteiger partial charge in [-0.1, -0.05) is 13.0 Å². The van der Waals surface area contributed by atoms with E-state index in [1.54, 1.807) is 20.8 Å². The molecule has 0 atom stereocenters. The third-order valence-corrected chi connectivity index (χ3v) is 3.01. The van der Waals surface area contributed by atoms with Gasteiger partial charge < -0.3 is 9.47 Å². The van der Waals surface area contributed by atoms with Gasteiger partial charge in [0.2, 0.25) is 5.60 Å². The van der Waals surface area contributed by atoms with Crippen molar-refractivity contribution in [1.82, 2.24) is 0 Å². The molecule has 1 fully saturated rings. The topological polar surface area (TPSA) is 52.6 Å². The predicted octanol–water partition coefficient (Wildman–Crippen LogP) is 2.76. The van der Waals surface area contributed by atoms with Crippen LogP contribution in [-0.4, -0.2) is 23.6 Å². The Morgan fingerprint density at radius 1 is 1.17 bits per heavy atom. The molecule has 4 heteroatoms. The van der Waals surface area contributed by atoms with Gasteiger partial charge in [0, 0.05) is 5.57 Å². The van der Waals surface area contributed by atoms with Gasteiger partial charge in [0.15, 0.2) is 0 Å². The number of hydrogen-bond acceptors (Lipinski definition) is 4. The van der Waals surface area contributed by atoms with Crippen molar-refractivity contribution in [3.63, 3.8) is 0 Å². The molecular weight excluding hydrogens is 232 g/mol. The Balaban J connectivity index is 2.52. The quantitative estimate of drug-likeness (QED) is 0.572. The Morgan fingerprint density at radius 2 is 1.72 bits per heavy atom. The summed E-state index contributed by atoms with van der Waals surface area (Å²) in [4.78, 5) is 23.4. The maximum Gasteiger partial charge on any atom is 0.350 e. The summed E-state index contributed by atoms with van der Waals surface area (Å²) in [6, 6.07) is 0. The molecule has 0 amide bonds. The van der Waals surface area contributed by atoms with Crippen LogP contribution in [0.3, 0.4) is 0 Å². The molecule has 0 radical (unpaired) electrons. The second kappa shape index (κ2) is 6.03. The minimum atomic E-state index is -1.26. The smallest absolute Gasteiger partial charge is 0.350 e. The van der Waals surface area contributed by atoms with Crippen LogP contribution in [0, 0.1) is 0 Å². The van der Waals surface area contributed by atoms with Crippen LogP contribution in [-0.2, 0) is 19.1 Å². The highest BCUT2D eigenvalue weighted by Gasteiger charge is 2.35. The van der Waals surface area contributed by atoms with Crippen molar-refractivity contribution in [1.29, 1.82) is 0 Å². The fourth-order valence-corrected chi connectivity index (χ4v) is 1.84. The number of ether oxygens (including phenoxy) is 2. The molecule has 0 aromatic heterocycles. The van der Waals surface area contributed by atoms with Crippen LogP contribution < -0.4 is 0 Å². The minimum absolute atomic E-state index is 0.0333. The molecule has 1 aliphatic rings. The second-order valence-electron chi connectivity index (χ2n) is 5.35. The van der Waals surface area contributed by atoms with Gasteiger partial charge >= 0.3 is 11.9 Å². The first-order valence-electron chi connectivity index (χ1n) is 6.43. The number of carbonyl (C=O) groups is 2. The Hall–Kier alpha value is -1.32. The first-order valence-corrected chi connectivity index (χ1v) is 6.43. The van der Waals surface area contributed by atoms with E-state index in [1.165, 1.54) is 6.42 Å². The van der Waals surface area contributed by atoms with Crippen LogP contribution >= 0.6 is 0 Å². The second-order valence-corrected chi connectivity index (χ2v) is 5.35. The van der Waals surface area contributed by atoms with Gasteiger partial charge in [0.25, 0.3) is 0 Å². The summed E-state index contributed by atoms with van der Waals surface area (Å²) in [6.07, 6.45) is 5.14. The summed E-state index contributed by atoms with van der Waals surface area (Å²) in [5.74, 6) is -1.05. The largest absolute Gasteiger partial charge is 0.459 e. The first-order chi connectivity index (χ1) is 8.33. The Morgan fingerprint density at radius 3 is 2.22 bits per heavy atom. The lowest BCUT2D eigenvalue weighted by atomic mass is 9.97. The molecule has 1 aliphatic carbocycles. The fraction of sp³-hybridized carbons (Fsp3) is 0.714. The lowest BCUT2D eigenvalue weighted by Gasteiger charge is -2.28. The standard InChI is InChI=1S/C14H22O4/c1-10(2)12(15)18-14(3,4)13(16)17-11-8-6-5-7-9-11/h11H,1,5-9H2,2-4H3. The highest BCUT2D eigenvalue weighted by Crippen LogP contribution is 2.23. The molecule has 0 bridgehead atoms. The molecule has 4 nitrogen and oxygen atoms in total. The van der Waals surface area contributed by atoms with Gasteiger partial charge in [-0.15, -0.1) is 0 Å². The summed E-state index contributed by atoms with van der Waals surface area (Å²) >= 11 is 0. The third-order valence-electron chi connectivity index (χ3n) is 3.01. The van der Waals surface area contributed by atoms with Crippen LogP contribution in [0.2, 0.25) is 0 Å². The van der Waals surface area contributed by atoms with Gasteiger partial charge in [-0.3, -0.25) is 0 Å². The maximum atomic E-state index is 12.0. The molecule has 1 saturated carbocycles. The van der Waals surface area contributed by atoms with Crippen molar-refractivity contribution < 1.29 is 19.1 Å². The zero-order valence-corrected chi connectivity index (χ0v) is 11.5. The van der Waals surface area contributed by atoms with Crippen molar-refractivity contribution in [2.24, 2.45) is 0 Å². The zero-order valence-electron chi connectivity index (χ0n) is 11.5. The van der Waals surface area contributed by atoms with Crippen LogP contribution in [0.25, 0.3) is 0 Å². The van der Waals surface area contributed by atoms with Crippen LogP contribution in [0.1, 0.15) is 52.9 Å². The molecular formula is C14H22O4. The summed E-state index contributed by atoms with van der Waals surface area (Å²) in [7, 11) is 0. The van der Waals surface area contributed by atoms with Gasteiger partial charge in [-0.05, 0) is 46.5 Å². The number of hydrogen-bond donors (Lipinski definition) is 0. The summed E-state index contributed by atoms with van der Waals surface area (Å²) in [5, 5.41) is 0. The lowest BCUT2D eigenvalue weighted by Crippen LogP contribution is -2.41. The molecule has 0 unspecified atom stereocenters. The Bertz CT molecular complexity index is 338. The molecule has 0 spiro atoms. The van der Waals surface area contributed by atoms with E-state index in [4.69, 9.17) is 9.47 Å². The summed E-state index contributed by atoms with van der Waals surface area (Å²) in [5.41, 5.74) is -0.985. The molecule has 0 saturated heterocycles. The van der Waals surface area contributed by atoms with E-state index in [0.29, 0.717) is 0 Å². The third kappa shape index (κ3) is 4.17. The summed E-state index contributed by atoms with van der Waals surface area (Å²) < 4.78 is 10.5. The monoisotopic (exact) mass is 254 g/mol. The highest BCUT2D eigenvalue weighted by molar-refractivity contribution is 5.90. The molecule has 0 N–H and O–H groups in total. The lowest BCUT2D eigenvalue weighted by molar-refractivity contribution is -0.181. The number of esters is 2.